The number of carbonyl (C=O) groups excluding carboxylic acids is 2. The van der Waals surface area contributed by atoms with Gasteiger partial charge in [0.25, 0.3) is 5.91 Å². The lowest BCUT2D eigenvalue weighted by Gasteiger charge is -2.40. The molecule has 0 radical (unpaired) electrons. The lowest BCUT2D eigenvalue weighted by Crippen LogP contribution is -2.52. The predicted molar refractivity (Wildman–Crippen MR) is 94.5 cm³/mol. The van der Waals surface area contributed by atoms with E-state index in [9.17, 15) is 14.7 Å². The second kappa shape index (κ2) is 6.13. The molecule has 1 amide bonds. The van der Waals surface area contributed by atoms with Crippen LogP contribution in [0.4, 0.5) is 0 Å². The van der Waals surface area contributed by atoms with Crippen LogP contribution in [0.15, 0.2) is 23.8 Å². The Bertz CT molecular complexity index is 804. The van der Waals surface area contributed by atoms with E-state index in [1.165, 1.54) is 11.8 Å². The largest absolute Gasteiger partial charge is 0.454 e. The summed E-state index contributed by atoms with van der Waals surface area (Å²) in [5.74, 6) is 0.571. The van der Waals surface area contributed by atoms with E-state index in [1.54, 1.807) is 25.1 Å². The Kier molecular flexibility index (Phi) is 4.03. The number of ether oxygens (including phenoxy) is 2. The first-order valence-electron chi connectivity index (χ1n) is 9.13. The molecule has 0 bridgehead atoms. The molecular weight excluding hydrogens is 334 g/mol. The Morgan fingerprint density at radius 3 is 2.58 bits per heavy atom. The van der Waals surface area contributed by atoms with Crippen molar-refractivity contribution >= 4 is 17.3 Å². The van der Waals surface area contributed by atoms with Crippen molar-refractivity contribution in [3.05, 3.63) is 29.3 Å². The Labute approximate surface area is 152 Å². The van der Waals surface area contributed by atoms with Crippen molar-refractivity contribution < 1.29 is 24.2 Å². The Morgan fingerprint density at radius 1 is 1.19 bits per heavy atom. The van der Waals surface area contributed by atoms with E-state index < -0.39 is 5.72 Å². The lowest BCUT2D eigenvalue weighted by atomic mass is 9.91. The second-order valence-electron chi connectivity index (χ2n) is 7.36. The molecule has 1 aliphatic carbocycles. The van der Waals surface area contributed by atoms with Gasteiger partial charge in [0.1, 0.15) is 0 Å². The molecule has 4 rings (SSSR count). The number of carbonyl (C=O) groups is 2. The average Bonchev–Trinajstić information content (AvgIpc) is 3.14. The third-order valence-corrected chi connectivity index (χ3v) is 5.58. The van der Waals surface area contributed by atoms with Gasteiger partial charge >= 0.3 is 0 Å². The first-order valence-corrected chi connectivity index (χ1v) is 9.13. The zero-order valence-electron chi connectivity index (χ0n) is 15.1. The van der Waals surface area contributed by atoms with Crippen LogP contribution in [0.1, 0.15) is 51.5 Å². The minimum absolute atomic E-state index is 0.0490. The van der Waals surface area contributed by atoms with Crippen molar-refractivity contribution in [2.24, 2.45) is 0 Å². The Balaban J connectivity index is 1.81. The number of benzene rings is 1. The van der Waals surface area contributed by atoms with Gasteiger partial charge in [0.15, 0.2) is 23.0 Å². The maximum atomic E-state index is 13.3. The molecule has 0 spiro atoms. The van der Waals surface area contributed by atoms with Gasteiger partial charge in [0, 0.05) is 6.04 Å². The van der Waals surface area contributed by atoms with Crippen LogP contribution >= 0.6 is 0 Å². The number of fused-ring (bicyclic) bond motifs is 1. The summed E-state index contributed by atoms with van der Waals surface area (Å²) in [6.45, 7) is 3.09. The van der Waals surface area contributed by atoms with E-state index in [1.807, 2.05) is 0 Å². The lowest BCUT2D eigenvalue weighted by molar-refractivity contribution is -0.147. The van der Waals surface area contributed by atoms with Gasteiger partial charge < -0.3 is 19.5 Å². The third kappa shape index (κ3) is 2.51. The van der Waals surface area contributed by atoms with Crippen LogP contribution in [0.3, 0.4) is 0 Å². The quantitative estimate of drug-likeness (QED) is 0.900. The molecule has 138 valence electrons. The van der Waals surface area contributed by atoms with Crippen molar-refractivity contribution in [3.8, 4) is 11.5 Å². The fourth-order valence-electron chi connectivity index (χ4n) is 4.47. The van der Waals surface area contributed by atoms with Gasteiger partial charge in [0.05, 0.1) is 11.1 Å². The highest BCUT2D eigenvalue weighted by molar-refractivity contribution is 6.29. The molecule has 6 heteroatoms. The van der Waals surface area contributed by atoms with Gasteiger partial charge in [-0.15, -0.1) is 0 Å². The molecule has 1 aromatic carbocycles. The molecule has 1 saturated carbocycles. The third-order valence-electron chi connectivity index (χ3n) is 5.58. The summed E-state index contributed by atoms with van der Waals surface area (Å²) >= 11 is 0. The zero-order chi connectivity index (χ0) is 18.5. The average molecular weight is 357 g/mol. The van der Waals surface area contributed by atoms with Gasteiger partial charge in [-0.05, 0) is 44.4 Å². The normalized spacial score (nSPS) is 26.0. The van der Waals surface area contributed by atoms with Gasteiger partial charge in [0.2, 0.25) is 6.79 Å². The zero-order valence-corrected chi connectivity index (χ0v) is 15.1. The van der Waals surface area contributed by atoms with Gasteiger partial charge in [-0.3, -0.25) is 9.59 Å². The van der Waals surface area contributed by atoms with Crippen LogP contribution in [0.2, 0.25) is 0 Å². The predicted octanol–water partition coefficient (Wildman–Crippen LogP) is 2.64. The van der Waals surface area contributed by atoms with E-state index in [2.05, 4.69) is 0 Å². The van der Waals surface area contributed by atoms with Crippen molar-refractivity contribution in [3.63, 3.8) is 0 Å². The Hall–Kier alpha value is -2.34. The van der Waals surface area contributed by atoms with Gasteiger partial charge in [-0.2, -0.15) is 0 Å². The molecular formula is C20H23NO5. The molecule has 0 aromatic heterocycles. The molecule has 1 aromatic rings. The second-order valence-corrected chi connectivity index (χ2v) is 7.36. The van der Waals surface area contributed by atoms with Crippen LogP contribution in [0, 0.1) is 0 Å². The molecule has 6 nitrogen and oxygen atoms in total. The van der Waals surface area contributed by atoms with Crippen molar-refractivity contribution in [2.45, 2.75) is 57.7 Å². The summed E-state index contributed by atoms with van der Waals surface area (Å²) in [4.78, 5) is 27.2. The van der Waals surface area contributed by atoms with E-state index >= 15 is 0 Å². The van der Waals surface area contributed by atoms with Crippen LogP contribution in [-0.4, -0.2) is 40.3 Å². The number of hydrogen-bond donors (Lipinski definition) is 1. The van der Waals surface area contributed by atoms with Gasteiger partial charge in [-0.25, -0.2) is 0 Å². The highest BCUT2D eigenvalue weighted by atomic mass is 16.7. The summed E-state index contributed by atoms with van der Waals surface area (Å²) in [5.41, 5.74) is -0.599. The van der Waals surface area contributed by atoms with Crippen molar-refractivity contribution in [1.82, 2.24) is 4.90 Å². The number of Topliss-reactive ketones (excluding diaryl/α,β-unsaturated/α-hetero) is 1. The smallest absolute Gasteiger partial charge is 0.257 e. The van der Waals surface area contributed by atoms with E-state index in [-0.39, 0.29) is 35.7 Å². The van der Waals surface area contributed by atoms with Crippen LogP contribution in [0.25, 0.3) is 5.57 Å². The topological polar surface area (TPSA) is 76.1 Å². The first kappa shape index (κ1) is 17.1. The maximum absolute atomic E-state index is 13.3. The van der Waals surface area contributed by atoms with Crippen LogP contribution in [-0.2, 0) is 9.59 Å². The molecule has 1 unspecified atom stereocenters. The van der Waals surface area contributed by atoms with E-state index in [0.29, 0.717) is 17.1 Å². The fourth-order valence-corrected chi connectivity index (χ4v) is 4.47. The minimum atomic E-state index is -1.60. The summed E-state index contributed by atoms with van der Waals surface area (Å²) in [7, 11) is 0. The summed E-state index contributed by atoms with van der Waals surface area (Å²) in [5, 5.41) is 11.2. The summed E-state index contributed by atoms with van der Waals surface area (Å²) in [6.07, 6.45) is 4.89. The van der Waals surface area contributed by atoms with E-state index in [4.69, 9.17) is 9.47 Å². The summed E-state index contributed by atoms with van der Waals surface area (Å²) in [6, 6.07) is 5.13. The van der Waals surface area contributed by atoms with Crippen LogP contribution in [0.5, 0.6) is 11.5 Å². The number of aliphatic hydroxyl groups is 1. The van der Waals surface area contributed by atoms with Crippen molar-refractivity contribution in [2.75, 3.05) is 6.79 Å². The highest BCUT2D eigenvalue weighted by Gasteiger charge is 2.52. The van der Waals surface area contributed by atoms with Gasteiger partial charge in [-0.1, -0.05) is 25.3 Å². The van der Waals surface area contributed by atoms with E-state index in [0.717, 1.165) is 32.1 Å². The fraction of sp³-hybridized carbons (Fsp3) is 0.500. The number of rotatable bonds is 3. The number of ketones is 1. The highest BCUT2D eigenvalue weighted by Crippen LogP contribution is 2.44. The molecule has 2 heterocycles. The molecule has 1 atom stereocenters. The standard InChI is InChI=1S/C20H23NO5/c1-12(22)18-17(13-8-9-15-16(10-13)26-11-25-15)19(23)21(20(18,2)24)14-6-4-3-5-7-14/h8-10,14,24H,3-7,11H2,1-2H3. The molecule has 0 saturated heterocycles. The van der Waals surface area contributed by atoms with Crippen LogP contribution < -0.4 is 9.47 Å². The Morgan fingerprint density at radius 2 is 1.88 bits per heavy atom. The molecule has 2 aliphatic heterocycles. The molecule has 1 fully saturated rings. The first-order chi connectivity index (χ1) is 12.4. The monoisotopic (exact) mass is 357 g/mol. The number of nitrogens with zero attached hydrogens (tertiary/aromatic N) is 1. The maximum Gasteiger partial charge on any atom is 0.257 e. The SMILES string of the molecule is CC(=O)C1=C(c2ccc3c(c2)OCO3)C(=O)N(C2CCCCC2)C1(C)O. The van der Waals surface area contributed by atoms with Crippen molar-refractivity contribution in [1.29, 1.82) is 0 Å². The minimum Gasteiger partial charge on any atom is -0.454 e. The molecule has 1 N–H and O–H groups in total. The number of amides is 1. The molecule has 26 heavy (non-hydrogen) atoms. The number of hydrogen-bond acceptors (Lipinski definition) is 5. The molecule has 3 aliphatic rings. The summed E-state index contributed by atoms with van der Waals surface area (Å²) < 4.78 is 10.7.